The molecule has 0 aromatic heterocycles. The summed E-state index contributed by atoms with van der Waals surface area (Å²) in [6.45, 7) is 3.83. The van der Waals surface area contributed by atoms with Gasteiger partial charge in [0.1, 0.15) is 0 Å². The molecule has 0 saturated carbocycles. The molecule has 3 rings (SSSR count). The van der Waals surface area contributed by atoms with Crippen molar-refractivity contribution in [1.29, 1.82) is 0 Å². The van der Waals surface area contributed by atoms with E-state index in [-0.39, 0.29) is 11.8 Å². The van der Waals surface area contributed by atoms with E-state index in [0.717, 1.165) is 15.6 Å². The predicted molar refractivity (Wildman–Crippen MR) is 81.2 cm³/mol. The van der Waals surface area contributed by atoms with Gasteiger partial charge in [-0.05, 0) is 49.2 Å². The average molecular weight is 330 g/mol. The van der Waals surface area contributed by atoms with E-state index >= 15 is 0 Å². The second kappa shape index (κ2) is 4.56. The molecule has 1 aliphatic heterocycles. The number of anilines is 1. The Balaban J connectivity index is 2.19. The lowest BCUT2D eigenvalue weighted by atomic mass is 10.1. The summed E-state index contributed by atoms with van der Waals surface area (Å²) in [6.07, 6.45) is 0. The average Bonchev–Trinajstić information content (AvgIpc) is 2.67. The number of hydrogen-bond donors (Lipinski definition) is 0. The van der Waals surface area contributed by atoms with Gasteiger partial charge in [-0.2, -0.15) is 0 Å². The number of halogens is 1. The summed E-state index contributed by atoms with van der Waals surface area (Å²) in [5, 5.41) is 0. The van der Waals surface area contributed by atoms with Crippen molar-refractivity contribution in [2.45, 2.75) is 13.8 Å². The zero-order valence-corrected chi connectivity index (χ0v) is 12.7. The van der Waals surface area contributed by atoms with Crippen molar-refractivity contribution in [3.05, 3.63) is 63.1 Å². The van der Waals surface area contributed by atoms with E-state index in [0.29, 0.717) is 16.8 Å². The fraction of sp³-hybridized carbons (Fsp3) is 0.125. The Hall–Kier alpha value is -1.94. The number of aryl methyl sites for hydroxylation is 1. The Morgan fingerprint density at radius 1 is 0.950 bits per heavy atom. The van der Waals surface area contributed by atoms with Gasteiger partial charge >= 0.3 is 0 Å². The van der Waals surface area contributed by atoms with E-state index in [2.05, 4.69) is 15.9 Å². The minimum absolute atomic E-state index is 0.258. The lowest BCUT2D eigenvalue weighted by molar-refractivity contribution is 0.0926. The SMILES string of the molecule is Cc1cc(Br)c(C)c(N2C(=O)c3ccccc3C2=O)c1. The van der Waals surface area contributed by atoms with Gasteiger partial charge in [0.25, 0.3) is 11.8 Å². The molecule has 0 unspecified atom stereocenters. The molecular weight excluding hydrogens is 318 g/mol. The molecule has 0 fully saturated rings. The molecule has 100 valence electrons. The van der Waals surface area contributed by atoms with Crippen LogP contribution in [0.25, 0.3) is 0 Å². The zero-order valence-electron chi connectivity index (χ0n) is 11.1. The standard InChI is InChI=1S/C16H12BrNO2/c1-9-7-13(17)10(2)14(8-9)18-15(19)11-5-3-4-6-12(11)16(18)20/h3-8H,1-2H3. The van der Waals surface area contributed by atoms with Crippen LogP contribution in [0.1, 0.15) is 31.8 Å². The molecule has 0 aliphatic carbocycles. The molecule has 0 radical (unpaired) electrons. The minimum Gasteiger partial charge on any atom is -0.268 e. The Kier molecular flexibility index (Phi) is 2.98. The van der Waals surface area contributed by atoms with Crippen molar-refractivity contribution in [3.8, 4) is 0 Å². The number of nitrogens with zero attached hydrogens (tertiary/aromatic N) is 1. The molecule has 1 heterocycles. The maximum Gasteiger partial charge on any atom is 0.266 e. The first-order chi connectivity index (χ1) is 9.50. The van der Waals surface area contributed by atoms with Gasteiger partial charge in [0.15, 0.2) is 0 Å². The van der Waals surface area contributed by atoms with Crippen LogP contribution < -0.4 is 4.90 Å². The van der Waals surface area contributed by atoms with E-state index in [4.69, 9.17) is 0 Å². The van der Waals surface area contributed by atoms with Gasteiger partial charge in [0, 0.05) is 4.47 Å². The summed E-state index contributed by atoms with van der Waals surface area (Å²) >= 11 is 3.47. The smallest absolute Gasteiger partial charge is 0.266 e. The van der Waals surface area contributed by atoms with Crippen LogP contribution in [0, 0.1) is 13.8 Å². The Bertz CT molecular complexity index is 717. The molecule has 2 aromatic carbocycles. The van der Waals surface area contributed by atoms with E-state index in [9.17, 15) is 9.59 Å². The van der Waals surface area contributed by atoms with Crippen molar-refractivity contribution in [2.75, 3.05) is 4.90 Å². The van der Waals surface area contributed by atoms with Crippen LogP contribution >= 0.6 is 15.9 Å². The van der Waals surface area contributed by atoms with Gasteiger partial charge in [-0.1, -0.05) is 28.1 Å². The molecule has 0 spiro atoms. The van der Waals surface area contributed by atoms with Crippen LogP contribution in [-0.2, 0) is 0 Å². The predicted octanol–water partition coefficient (Wildman–Crippen LogP) is 3.87. The molecule has 0 atom stereocenters. The summed E-state index contributed by atoms with van der Waals surface area (Å²) in [5.41, 5.74) is 3.45. The third-order valence-electron chi connectivity index (χ3n) is 3.50. The number of rotatable bonds is 1. The summed E-state index contributed by atoms with van der Waals surface area (Å²) < 4.78 is 0.893. The van der Waals surface area contributed by atoms with Gasteiger partial charge < -0.3 is 0 Å². The number of imide groups is 1. The lowest BCUT2D eigenvalue weighted by Crippen LogP contribution is -2.30. The van der Waals surface area contributed by atoms with Crippen LogP contribution in [0.5, 0.6) is 0 Å². The maximum absolute atomic E-state index is 12.5. The highest BCUT2D eigenvalue weighted by Gasteiger charge is 2.37. The molecule has 2 aromatic rings. The highest BCUT2D eigenvalue weighted by atomic mass is 79.9. The van der Waals surface area contributed by atoms with E-state index < -0.39 is 0 Å². The molecule has 1 aliphatic rings. The summed E-state index contributed by atoms with van der Waals surface area (Å²) in [7, 11) is 0. The molecule has 2 amide bonds. The quantitative estimate of drug-likeness (QED) is 0.745. The van der Waals surface area contributed by atoms with Gasteiger partial charge in [0.05, 0.1) is 16.8 Å². The molecule has 4 heteroatoms. The maximum atomic E-state index is 12.5. The first-order valence-electron chi connectivity index (χ1n) is 6.25. The van der Waals surface area contributed by atoms with Gasteiger partial charge in [-0.15, -0.1) is 0 Å². The van der Waals surface area contributed by atoms with Crippen LogP contribution in [0.3, 0.4) is 0 Å². The lowest BCUT2D eigenvalue weighted by Gasteiger charge is -2.18. The Labute approximate surface area is 125 Å². The second-order valence-corrected chi connectivity index (χ2v) is 5.74. The van der Waals surface area contributed by atoms with Crippen molar-refractivity contribution in [1.82, 2.24) is 0 Å². The molecule has 0 bridgehead atoms. The molecule has 0 N–H and O–H groups in total. The van der Waals surface area contributed by atoms with Crippen LogP contribution in [0.4, 0.5) is 5.69 Å². The van der Waals surface area contributed by atoms with Gasteiger partial charge in [-0.25, -0.2) is 4.90 Å². The van der Waals surface area contributed by atoms with E-state index in [1.165, 1.54) is 4.90 Å². The topological polar surface area (TPSA) is 37.4 Å². The fourth-order valence-corrected chi connectivity index (χ4v) is 3.00. The highest BCUT2D eigenvalue weighted by molar-refractivity contribution is 9.10. The van der Waals surface area contributed by atoms with Gasteiger partial charge in [-0.3, -0.25) is 9.59 Å². The van der Waals surface area contributed by atoms with Crippen molar-refractivity contribution >= 4 is 33.4 Å². The van der Waals surface area contributed by atoms with E-state index in [1.807, 2.05) is 26.0 Å². The number of hydrogen-bond acceptors (Lipinski definition) is 2. The third kappa shape index (κ3) is 1.79. The van der Waals surface area contributed by atoms with Crippen molar-refractivity contribution in [3.63, 3.8) is 0 Å². The monoisotopic (exact) mass is 329 g/mol. The molecular formula is C16H12BrNO2. The molecule has 3 nitrogen and oxygen atoms in total. The molecule has 20 heavy (non-hydrogen) atoms. The number of carbonyl (C=O) groups excluding carboxylic acids is 2. The van der Waals surface area contributed by atoms with Crippen molar-refractivity contribution < 1.29 is 9.59 Å². The zero-order chi connectivity index (χ0) is 14.4. The van der Waals surface area contributed by atoms with Gasteiger partial charge in [0.2, 0.25) is 0 Å². The van der Waals surface area contributed by atoms with Crippen LogP contribution in [-0.4, -0.2) is 11.8 Å². The van der Waals surface area contributed by atoms with Crippen LogP contribution in [0.2, 0.25) is 0 Å². The largest absolute Gasteiger partial charge is 0.268 e. The summed E-state index contributed by atoms with van der Waals surface area (Å²) in [4.78, 5) is 26.2. The fourth-order valence-electron chi connectivity index (χ4n) is 2.44. The summed E-state index contributed by atoms with van der Waals surface area (Å²) in [5.74, 6) is -0.516. The summed E-state index contributed by atoms with van der Waals surface area (Å²) in [6, 6.07) is 10.8. The highest BCUT2D eigenvalue weighted by Crippen LogP contribution is 2.34. The second-order valence-electron chi connectivity index (χ2n) is 4.88. The first-order valence-corrected chi connectivity index (χ1v) is 7.04. The number of carbonyl (C=O) groups is 2. The van der Waals surface area contributed by atoms with Crippen molar-refractivity contribution in [2.24, 2.45) is 0 Å². The normalized spacial score (nSPS) is 13.8. The Morgan fingerprint density at radius 3 is 2.05 bits per heavy atom. The number of amides is 2. The van der Waals surface area contributed by atoms with Crippen LogP contribution in [0.15, 0.2) is 40.9 Å². The van der Waals surface area contributed by atoms with E-state index in [1.54, 1.807) is 24.3 Å². The Morgan fingerprint density at radius 2 is 1.50 bits per heavy atom. The first kappa shape index (κ1) is 13.1. The minimum atomic E-state index is -0.258. The number of fused-ring (bicyclic) bond motifs is 1. The number of benzene rings is 2. The third-order valence-corrected chi connectivity index (χ3v) is 4.32. The molecule has 0 saturated heterocycles.